The molecule has 0 aliphatic rings. The van der Waals surface area contributed by atoms with Gasteiger partial charge < -0.3 is 9.64 Å². The van der Waals surface area contributed by atoms with Crippen LogP contribution >= 0.6 is 0 Å². The van der Waals surface area contributed by atoms with Crippen molar-refractivity contribution in [1.82, 2.24) is 4.90 Å². The molecular weight excluding hydrogens is 278 g/mol. The summed E-state index contributed by atoms with van der Waals surface area (Å²) >= 11 is 0. The van der Waals surface area contributed by atoms with Crippen molar-refractivity contribution < 1.29 is 9.53 Å². The molecule has 0 aliphatic carbocycles. The number of nitrogens with zero attached hydrogens (tertiary/aromatic N) is 3. The van der Waals surface area contributed by atoms with E-state index in [-0.39, 0.29) is 19.0 Å². The van der Waals surface area contributed by atoms with Crippen molar-refractivity contribution in [2.45, 2.75) is 0 Å². The largest absolute Gasteiger partial charge is 0.457 e. The van der Waals surface area contributed by atoms with Crippen molar-refractivity contribution in [3.63, 3.8) is 0 Å². The van der Waals surface area contributed by atoms with Crippen molar-refractivity contribution in [1.29, 1.82) is 10.5 Å². The lowest BCUT2D eigenvalue weighted by Gasteiger charge is -2.15. The minimum Gasteiger partial charge on any atom is -0.457 e. The standard InChI is InChI=1S/C17H13N3O2/c18-10-12-20(13-11-19)17(21)14-6-8-16(9-7-14)22-15-4-2-1-3-5-15/h1-9H,12-13H2. The van der Waals surface area contributed by atoms with Gasteiger partial charge in [0.05, 0.1) is 12.1 Å². The summed E-state index contributed by atoms with van der Waals surface area (Å²) in [7, 11) is 0. The third kappa shape index (κ3) is 3.84. The highest BCUT2D eigenvalue weighted by molar-refractivity contribution is 5.94. The van der Waals surface area contributed by atoms with E-state index in [1.807, 2.05) is 42.5 Å². The van der Waals surface area contributed by atoms with Crippen molar-refractivity contribution in [2.75, 3.05) is 13.1 Å². The van der Waals surface area contributed by atoms with Gasteiger partial charge in [0.25, 0.3) is 5.91 Å². The van der Waals surface area contributed by atoms with Gasteiger partial charge in [-0.15, -0.1) is 0 Å². The summed E-state index contributed by atoms with van der Waals surface area (Å²) in [6, 6.07) is 19.6. The molecule has 0 aromatic heterocycles. The number of rotatable bonds is 5. The van der Waals surface area contributed by atoms with E-state index in [0.29, 0.717) is 17.1 Å². The Hall–Kier alpha value is -3.31. The molecule has 2 aromatic rings. The highest BCUT2D eigenvalue weighted by Gasteiger charge is 2.15. The van der Waals surface area contributed by atoms with Crippen molar-refractivity contribution in [3.8, 4) is 23.6 Å². The lowest BCUT2D eigenvalue weighted by Crippen LogP contribution is -2.31. The normalized spacial score (nSPS) is 9.36. The van der Waals surface area contributed by atoms with E-state index in [1.165, 1.54) is 4.90 Å². The Bertz CT molecular complexity index is 696. The van der Waals surface area contributed by atoms with Gasteiger partial charge in [0.1, 0.15) is 24.6 Å². The zero-order chi connectivity index (χ0) is 15.8. The quantitative estimate of drug-likeness (QED) is 0.793. The summed E-state index contributed by atoms with van der Waals surface area (Å²) in [4.78, 5) is 13.4. The van der Waals surface area contributed by atoms with E-state index in [9.17, 15) is 4.79 Å². The first kappa shape index (κ1) is 15.1. The molecule has 0 saturated carbocycles. The molecule has 0 aliphatic heterocycles. The second-order valence-corrected chi connectivity index (χ2v) is 4.42. The van der Waals surface area contributed by atoms with Gasteiger partial charge in [-0.2, -0.15) is 10.5 Å². The van der Waals surface area contributed by atoms with E-state index in [4.69, 9.17) is 15.3 Å². The Balaban J connectivity index is 2.10. The van der Waals surface area contributed by atoms with Gasteiger partial charge in [-0.1, -0.05) is 18.2 Å². The first-order chi connectivity index (χ1) is 10.7. The van der Waals surface area contributed by atoms with Gasteiger partial charge in [-0.05, 0) is 36.4 Å². The third-order valence-corrected chi connectivity index (χ3v) is 2.89. The van der Waals surface area contributed by atoms with E-state index >= 15 is 0 Å². The molecule has 2 aromatic carbocycles. The van der Waals surface area contributed by atoms with Crippen LogP contribution in [0.1, 0.15) is 10.4 Å². The van der Waals surface area contributed by atoms with E-state index < -0.39 is 0 Å². The van der Waals surface area contributed by atoms with E-state index in [2.05, 4.69) is 0 Å². The fourth-order valence-corrected chi connectivity index (χ4v) is 1.84. The number of amides is 1. The highest BCUT2D eigenvalue weighted by atomic mass is 16.5. The molecule has 2 rings (SSSR count). The van der Waals surface area contributed by atoms with Crippen molar-refractivity contribution in [2.24, 2.45) is 0 Å². The molecule has 22 heavy (non-hydrogen) atoms. The molecule has 0 bridgehead atoms. The number of ether oxygens (including phenoxy) is 1. The second kappa shape index (κ2) is 7.47. The van der Waals surface area contributed by atoms with Crippen LogP contribution in [-0.4, -0.2) is 23.9 Å². The topological polar surface area (TPSA) is 77.1 Å². The Kier molecular flexibility index (Phi) is 5.12. The predicted molar refractivity (Wildman–Crippen MR) is 80.1 cm³/mol. The molecule has 0 fully saturated rings. The number of hydrogen-bond acceptors (Lipinski definition) is 4. The van der Waals surface area contributed by atoms with Crippen LogP contribution in [0.2, 0.25) is 0 Å². The second-order valence-electron chi connectivity index (χ2n) is 4.42. The molecule has 0 spiro atoms. The van der Waals surface area contributed by atoms with Crippen molar-refractivity contribution >= 4 is 5.91 Å². The monoisotopic (exact) mass is 291 g/mol. The number of carbonyl (C=O) groups excluding carboxylic acids is 1. The van der Waals surface area contributed by atoms with Crippen LogP contribution in [0.25, 0.3) is 0 Å². The molecule has 0 radical (unpaired) electrons. The molecular formula is C17H13N3O2. The number of nitriles is 2. The molecule has 1 amide bonds. The van der Waals surface area contributed by atoms with E-state index in [0.717, 1.165) is 0 Å². The molecule has 108 valence electrons. The predicted octanol–water partition coefficient (Wildman–Crippen LogP) is 2.97. The highest BCUT2D eigenvalue weighted by Crippen LogP contribution is 2.21. The zero-order valence-corrected chi connectivity index (χ0v) is 11.8. The number of carbonyl (C=O) groups is 1. The Labute approximate surface area is 128 Å². The van der Waals surface area contributed by atoms with Crippen molar-refractivity contribution in [3.05, 3.63) is 60.2 Å². The molecule has 0 N–H and O–H groups in total. The maximum absolute atomic E-state index is 12.2. The average Bonchev–Trinajstić information content (AvgIpc) is 2.56. The molecule has 0 atom stereocenters. The first-order valence-electron chi connectivity index (χ1n) is 6.60. The number of benzene rings is 2. The van der Waals surface area contributed by atoms with Gasteiger partial charge in [-0.25, -0.2) is 0 Å². The zero-order valence-electron chi connectivity index (χ0n) is 11.8. The van der Waals surface area contributed by atoms with Crippen LogP contribution in [0.3, 0.4) is 0 Å². The SMILES string of the molecule is N#CCN(CC#N)C(=O)c1ccc(Oc2ccccc2)cc1. The third-order valence-electron chi connectivity index (χ3n) is 2.89. The van der Waals surface area contributed by atoms with Crippen LogP contribution in [0.5, 0.6) is 11.5 Å². The van der Waals surface area contributed by atoms with Crippen LogP contribution in [0.4, 0.5) is 0 Å². The fraction of sp³-hybridized carbons (Fsp3) is 0.118. The van der Waals surface area contributed by atoms with Crippen LogP contribution < -0.4 is 4.74 Å². The van der Waals surface area contributed by atoms with Crippen LogP contribution in [0.15, 0.2) is 54.6 Å². The molecule has 0 heterocycles. The minimum absolute atomic E-state index is 0.116. The van der Waals surface area contributed by atoms with Crippen LogP contribution in [-0.2, 0) is 0 Å². The van der Waals surface area contributed by atoms with Crippen LogP contribution in [0, 0.1) is 22.7 Å². The summed E-state index contributed by atoms with van der Waals surface area (Å²) in [6.07, 6.45) is 0. The van der Waals surface area contributed by atoms with E-state index in [1.54, 1.807) is 24.3 Å². The maximum Gasteiger partial charge on any atom is 0.255 e. The summed E-state index contributed by atoms with van der Waals surface area (Å²) < 4.78 is 5.64. The molecule has 5 heteroatoms. The molecule has 5 nitrogen and oxygen atoms in total. The minimum atomic E-state index is -0.352. The Morgan fingerprint density at radius 1 is 0.909 bits per heavy atom. The Morgan fingerprint density at radius 3 is 2.00 bits per heavy atom. The van der Waals surface area contributed by atoms with Gasteiger partial charge in [-0.3, -0.25) is 4.79 Å². The fourth-order valence-electron chi connectivity index (χ4n) is 1.84. The maximum atomic E-state index is 12.2. The summed E-state index contributed by atoms with van der Waals surface area (Å²) in [5, 5.41) is 17.4. The summed E-state index contributed by atoms with van der Waals surface area (Å²) in [6.45, 7) is -0.233. The lowest BCUT2D eigenvalue weighted by atomic mass is 10.2. The molecule has 0 saturated heterocycles. The smallest absolute Gasteiger partial charge is 0.255 e. The van der Waals surface area contributed by atoms with Gasteiger partial charge in [0.2, 0.25) is 0 Å². The van der Waals surface area contributed by atoms with Gasteiger partial charge in [0.15, 0.2) is 0 Å². The lowest BCUT2D eigenvalue weighted by molar-refractivity contribution is 0.0794. The average molecular weight is 291 g/mol. The number of para-hydroxylation sites is 1. The molecule has 0 unspecified atom stereocenters. The summed E-state index contributed by atoms with van der Waals surface area (Å²) in [5.41, 5.74) is 0.408. The number of hydrogen-bond donors (Lipinski definition) is 0. The Morgan fingerprint density at radius 2 is 1.45 bits per heavy atom. The first-order valence-corrected chi connectivity index (χ1v) is 6.60. The summed E-state index contributed by atoms with van der Waals surface area (Å²) in [5.74, 6) is 0.960. The van der Waals surface area contributed by atoms with Gasteiger partial charge >= 0.3 is 0 Å². The van der Waals surface area contributed by atoms with Gasteiger partial charge in [0, 0.05) is 5.56 Å².